The Morgan fingerprint density at radius 1 is 1.05 bits per heavy atom. The molecule has 42 heavy (non-hydrogen) atoms. The molecule has 0 heterocycles. The van der Waals surface area contributed by atoms with Crippen LogP contribution in [0.1, 0.15) is 85.5 Å². The Bertz CT molecular complexity index is 1160. The number of carbonyl (C=O) groups excluding carboxylic acids is 3. The van der Waals surface area contributed by atoms with Crippen LogP contribution in [0.4, 0.5) is 4.79 Å². The van der Waals surface area contributed by atoms with E-state index in [1.54, 1.807) is 0 Å². The number of Topliss-reactive ketones (excluding diaryl/α,β-unsaturated/α-hetero) is 1. The van der Waals surface area contributed by atoms with E-state index < -0.39 is 11.6 Å². The number of likely N-dealkylation sites (N-methyl/N-ethyl adjacent to an activating group) is 1. The van der Waals surface area contributed by atoms with E-state index in [4.69, 9.17) is 9.57 Å². The summed E-state index contributed by atoms with van der Waals surface area (Å²) in [7, 11) is 1.26. The lowest BCUT2D eigenvalue weighted by Gasteiger charge is -2.58. The fourth-order valence-electron chi connectivity index (χ4n) is 9.31. The number of hydrogen-bond donors (Lipinski definition) is 1. The largest absolute Gasteiger partial charge is 0.532 e. The Hall–Kier alpha value is -2.61. The Morgan fingerprint density at radius 2 is 1.79 bits per heavy atom. The average Bonchev–Trinajstić information content (AvgIpc) is 3.31. The Labute approximate surface area is 251 Å². The molecule has 8 nitrogen and oxygen atoms in total. The smallest absolute Gasteiger partial charge is 0.464 e. The van der Waals surface area contributed by atoms with E-state index >= 15 is 0 Å². The maximum Gasteiger partial charge on any atom is 0.532 e. The summed E-state index contributed by atoms with van der Waals surface area (Å²) in [4.78, 5) is 45.4. The monoisotopic (exact) mass is 582 g/mol. The number of ketones is 1. The summed E-state index contributed by atoms with van der Waals surface area (Å²) in [5.41, 5.74) is 3.97. The second-order valence-electron chi connectivity index (χ2n) is 13.7. The molecule has 0 spiro atoms. The number of esters is 1. The van der Waals surface area contributed by atoms with E-state index in [-0.39, 0.29) is 22.7 Å². The highest BCUT2D eigenvalue weighted by Crippen LogP contribution is 2.65. The third-order valence-corrected chi connectivity index (χ3v) is 12.1. The van der Waals surface area contributed by atoms with Crippen LogP contribution >= 0.6 is 0 Å². The standard InChI is InChI=1S/C34H50N2O6/c1-6-36(7-2)20-21-41-30(38)34(18-13-25(14-19-34)35-42-31(39)40-5)24-12-16-32(3)23(22-24)8-9-26-27-10-11-29(37)33(27,4)17-15-28(26)32/h8,13-14,18,24,26-28,35H,6-7,9-12,15-17,19-22H2,1-5H3/t24-,26-,27-,28-,32-,33-,34?/m0/s1. The van der Waals surface area contributed by atoms with Crippen LogP contribution in [0.3, 0.4) is 0 Å². The van der Waals surface area contributed by atoms with Crippen molar-refractivity contribution in [2.75, 3.05) is 33.4 Å². The number of hydrogen-bond acceptors (Lipinski definition) is 8. The molecule has 0 aromatic rings. The van der Waals surface area contributed by atoms with E-state index in [0.717, 1.165) is 64.5 Å². The summed E-state index contributed by atoms with van der Waals surface area (Å²) in [6.45, 7) is 11.9. The average molecular weight is 583 g/mol. The molecule has 0 saturated heterocycles. The molecule has 5 rings (SSSR count). The summed E-state index contributed by atoms with van der Waals surface area (Å²) < 4.78 is 10.6. The molecule has 7 atom stereocenters. The van der Waals surface area contributed by atoms with Crippen molar-refractivity contribution in [1.82, 2.24) is 10.4 Å². The minimum Gasteiger partial charge on any atom is -0.464 e. The maximum atomic E-state index is 14.0. The van der Waals surface area contributed by atoms with Crippen LogP contribution in [0.2, 0.25) is 0 Å². The van der Waals surface area contributed by atoms with Crippen LogP contribution in [0, 0.1) is 39.9 Å². The van der Waals surface area contributed by atoms with Gasteiger partial charge in [-0.05, 0) is 99.6 Å². The molecular formula is C34H50N2O6. The van der Waals surface area contributed by atoms with E-state index in [1.807, 2.05) is 18.2 Å². The van der Waals surface area contributed by atoms with Crippen molar-refractivity contribution in [2.24, 2.45) is 39.9 Å². The fraction of sp³-hybridized carbons (Fsp3) is 0.735. The topological polar surface area (TPSA) is 94.2 Å². The van der Waals surface area contributed by atoms with Crippen molar-refractivity contribution in [3.63, 3.8) is 0 Å². The lowest BCUT2D eigenvalue weighted by atomic mass is 9.46. The van der Waals surface area contributed by atoms with Crippen molar-refractivity contribution < 1.29 is 28.7 Å². The van der Waals surface area contributed by atoms with Crippen LogP contribution < -0.4 is 5.48 Å². The summed E-state index contributed by atoms with van der Waals surface area (Å²) >= 11 is 0. The number of allylic oxidation sites excluding steroid dienone is 4. The number of rotatable bonds is 9. The zero-order valence-corrected chi connectivity index (χ0v) is 26.2. The minimum absolute atomic E-state index is 0.117. The number of nitrogens with zero attached hydrogens (tertiary/aromatic N) is 1. The van der Waals surface area contributed by atoms with E-state index in [0.29, 0.717) is 48.8 Å². The molecule has 5 aliphatic carbocycles. The van der Waals surface area contributed by atoms with Crippen LogP contribution in [0.25, 0.3) is 0 Å². The van der Waals surface area contributed by atoms with Gasteiger partial charge in [-0.15, -0.1) is 0 Å². The van der Waals surface area contributed by atoms with Gasteiger partial charge in [0.15, 0.2) is 0 Å². The predicted molar refractivity (Wildman–Crippen MR) is 160 cm³/mol. The van der Waals surface area contributed by atoms with Gasteiger partial charge in [0, 0.05) is 18.4 Å². The molecule has 0 aromatic heterocycles. The molecule has 5 aliphatic rings. The quantitative estimate of drug-likeness (QED) is 0.197. The van der Waals surface area contributed by atoms with Crippen LogP contribution in [0.5, 0.6) is 0 Å². The molecule has 8 heteroatoms. The maximum absolute atomic E-state index is 14.0. The van der Waals surface area contributed by atoms with Crippen molar-refractivity contribution in [3.05, 3.63) is 35.6 Å². The molecule has 0 radical (unpaired) electrons. The van der Waals surface area contributed by atoms with Gasteiger partial charge in [0.2, 0.25) is 0 Å². The van der Waals surface area contributed by atoms with Gasteiger partial charge >= 0.3 is 12.1 Å². The summed E-state index contributed by atoms with van der Waals surface area (Å²) in [5, 5.41) is 0. The van der Waals surface area contributed by atoms with Crippen molar-refractivity contribution in [3.8, 4) is 0 Å². The number of carbonyl (C=O) groups is 3. The Balaban J connectivity index is 1.35. The van der Waals surface area contributed by atoms with Crippen molar-refractivity contribution in [1.29, 1.82) is 0 Å². The van der Waals surface area contributed by atoms with Gasteiger partial charge in [-0.25, -0.2) is 10.3 Å². The number of hydroxylamine groups is 1. The van der Waals surface area contributed by atoms with Crippen LogP contribution in [-0.4, -0.2) is 56.2 Å². The SMILES string of the molecule is CCN(CC)CCOC(=O)C1([C@H]2CC[C@@]3(C)C(=CC[C@@H]4[C@@H]3CC[C@]3(C)C(=O)CC[C@@H]43)C2)C=CC(NOC(=O)OC)=CC1. The van der Waals surface area contributed by atoms with Crippen molar-refractivity contribution >= 4 is 17.9 Å². The van der Waals surface area contributed by atoms with Gasteiger partial charge in [0.25, 0.3) is 0 Å². The molecule has 0 aliphatic heterocycles. The fourth-order valence-corrected chi connectivity index (χ4v) is 9.31. The molecular weight excluding hydrogens is 532 g/mol. The lowest BCUT2D eigenvalue weighted by molar-refractivity contribution is -0.157. The van der Waals surface area contributed by atoms with Crippen LogP contribution in [-0.2, 0) is 23.9 Å². The zero-order valence-electron chi connectivity index (χ0n) is 26.2. The number of ether oxygens (including phenoxy) is 2. The molecule has 1 N–H and O–H groups in total. The third kappa shape index (κ3) is 5.33. The van der Waals surface area contributed by atoms with Gasteiger partial charge in [0.05, 0.1) is 18.2 Å². The highest BCUT2D eigenvalue weighted by Gasteiger charge is 2.60. The van der Waals surface area contributed by atoms with E-state index in [9.17, 15) is 14.4 Å². The predicted octanol–water partition coefficient (Wildman–Crippen LogP) is 6.14. The highest BCUT2D eigenvalue weighted by atomic mass is 16.8. The Kier molecular flexibility index (Phi) is 8.94. The van der Waals surface area contributed by atoms with E-state index in [2.05, 4.69) is 48.9 Å². The number of nitrogens with one attached hydrogen (secondary N) is 1. The first kappa shape index (κ1) is 30.8. The van der Waals surface area contributed by atoms with Gasteiger partial charge in [-0.1, -0.05) is 51.5 Å². The van der Waals surface area contributed by atoms with Gasteiger partial charge in [0.1, 0.15) is 12.4 Å². The van der Waals surface area contributed by atoms with Gasteiger partial charge in [-0.3, -0.25) is 9.59 Å². The molecule has 3 saturated carbocycles. The Morgan fingerprint density at radius 3 is 2.48 bits per heavy atom. The minimum atomic E-state index is -0.823. The van der Waals surface area contributed by atoms with Crippen molar-refractivity contribution in [2.45, 2.75) is 85.5 Å². The summed E-state index contributed by atoms with van der Waals surface area (Å²) in [6.07, 6.45) is 15.7. The number of methoxy groups -OCH3 is 1. The molecule has 0 aromatic carbocycles. The second-order valence-corrected chi connectivity index (χ2v) is 13.7. The molecule has 1 unspecified atom stereocenters. The zero-order chi connectivity index (χ0) is 30.1. The van der Waals surface area contributed by atoms with Gasteiger partial charge in [-0.2, -0.15) is 0 Å². The second kappa shape index (κ2) is 12.2. The summed E-state index contributed by atoms with van der Waals surface area (Å²) in [6, 6.07) is 0. The first-order valence-corrected chi connectivity index (χ1v) is 16.1. The first-order valence-electron chi connectivity index (χ1n) is 16.1. The molecule has 232 valence electrons. The molecule has 3 fully saturated rings. The highest BCUT2D eigenvalue weighted by molar-refractivity contribution is 5.87. The van der Waals surface area contributed by atoms with Gasteiger partial charge < -0.3 is 19.2 Å². The molecule has 0 amide bonds. The molecule has 0 bridgehead atoms. The lowest BCUT2D eigenvalue weighted by Crippen LogP contribution is -2.51. The third-order valence-electron chi connectivity index (χ3n) is 12.1. The van der Waals surface area contributed by atoms with Crippen LogP contribution in [0.15, 0.2) is 35.6 Å². The van der Waals surface area contributed by atoms with E-state index in [1.165, 1.54) is 12.7 Å². The summed E-state index contributed by atoms with van der Waals surface area (Å²) in [5.74, 6) is 2.13. The normalized spacial score (nSPS) is 37.1. The number of fused-ring (bicyclic) bond motifs is 5. The first-order chi connectivity index (χ1) is 20.1.